The van der Waals surface area contributed by atoms with Gasteiger partial charge in [-0.25, -0.2) is 0 Å². The van der Waals surface area contributed by atoms with E-state index < -0.39 is 0 Å². The van der Waals surface area contributed by atoms with Crippen molar-refractivity contribution in [2.24, 2.45) is 0 Å². The molecule has 3 aromatic carbocycles. The molecule has 0 aliphatic rings. The van der Waals surface area contributed by atoms with Crippen molar-refractivity contribution >= 4 is 22.6 Å². The predicted molar refractivity (Wildman–Crippen MR) is 116 cm³/mol. The zero-order valence-electron chi connectivity index (χ0n) is 16.6. The first-order valence-corrected chi connectivity index (χ1v) is 9.71. The van der Waals surface area contributed by atoms with Crippen molar-refractivity contribution in [3.8, 4) is 22.9 Å². The number of nitrogens with one attached hydrogen (secondary N) is 2. The summed E-state index contributed by atoms with van der Waals surface area (Å²) in [6.45, 7) is 0.446. The minimum absolute atomic E-state index is 0.165. The van der Waals surface area contributed by atoms with E-state index in [0.717, 1.165) is 22.1 Å². The highest BCUT2D eigenvalue weighted by Gasteiger charge is 2.12. The summed E-state index contributed by atoms with van der Waals surface area (Å²) in [6.07, 6.45) is 0.891. The number of para-hydroxylation sites is 1. The van der Waals surface area contributed by atoms with Crippen molar-refractivity contribution in [1.29, 1.82) is 0 Å². The quantitative estimate of drug-likeness (QED) is 0.426. The third-order valence-electron chi connectivity index (χ3n) is 4.65. The van der Waals surface area contributed by atoms with E-state index in [4.69, 9.17) is 9.47 Å². The molecule has 1 aromatic heterocycles. The van der Waals surface area contributed by atoms with Crippen LogP contribution in [0.2, 0.25) is 0 Å². The number of aromatic nitrogens is 3. The lowest BCUT2D eigenvalue weighted by Gasteiger charge is -2.09. The fourth-order valence-corrected chi connectivity index (χ4v) is 3.20. The molecule has 7 heteroatoms. The number of rotatable bonds is 8. The molecule has 0 bridgehead atoms. The predicted octanol–water partition coefficient (Wildman–Crippen LogP) is 4.43. The maximum atomic E-state index is 12.2. The number of hydrogen-bond acceptors (Lipinski definition) is 5. The van der Waals surface area contributed by atoms with Gasteiger partial charge in [-0.2, -0.15) is 4.98 Å². The normalized spacial score (nSPS) is 10.7. The molecule has 0 saturated heterocycles. The number of fused-ring (bicyclic) bond motifs is 1. The monoisotopic (exact) mass is 402 g/mol. The molecule has 0 atom stereocenters. The molecule has 152 valence electrons. The third kappa shape index (κ3) is 4.41. The van der Waals surface area contributed by atoms with E-state index in [-0.39, 0.29) is 11.9 Å². The lowest BCUT2D eigenvalue weighted by molar-refractivity contribution is -0.116. The van der Waals surface area contributed by atoms with Crippen molar-refractivity contribution in [3.05, 3.63) is 66.7 Å². The number of benzene rings is 3. The second kappa shape index (κ2) is 9.09. The summed E-state index contributed by atoms with van der Waals surface area (Å²) >= 11 is 0. The second-order valence-corrected chi connectivity index (χ2v) is 6.69. The van der Waals surface area contributed by atoms with Gasteiger partial charge in [-0.1, -0.05) is 48.5 Å². The van der Waals surface area contributed by atoms with Crippen LogP contribution in [-0.2, 0) is 4.79 Å². The zero-order valence-corrected chi connectivity index (χ0v) is 16.6. The summed E-state index contributed by atoms with van der Waals surface area (Å²) in [5.74, 6) is 2.10. The molecule has 0 unspecified atom stereocenters. The highest BCUT2D eigenvalue weighted by molar-refractivity contribution is 5.89. The molecule has 1 heterocycles. The molecular weight excluding hydrogens is 380 g/mol. The summed E-state index contributed by atoms with van der Waals surface area (Å²) in [4.78, 5) is 16.5. The molecule has 0 aliphatic carbocycles. The van der Waals surface area contributed by atoms with Gasteiger partial charge >= 0.3 is 0 Å². The number of anilines is 1. The van der Waals surface area contributed by atoms with Crippen molar-refractivity contribution in [3.63, 3.8) is 0 Å². The van der Waals surface area contributed by atoms with Gasteiger partial charge < -0.3 is 9.47 Å². The zero-order chi connectivity index (χ0) is 20.8. The SMILES string of the molecule is COc1ccccc1-c1nc(NC(=O)CCCOc2cccc3ccccc23)n[nH]1. The topological polar surface area (TPSA) is 89.1 Å². The van der Waals surface area contributed by atoms with Crippen LogP contribution in [0.5, 0.6) is 11.5 Å². The van der Waals surface area contributed by atoms with Crippen LogP contribution in [0.15, 0.2) is 66.7 Å². The van der Waals surface area contributed by atoms with Crippen LogP contribution in [-0.4, -0.2) is 34.8 Å². The van der Waals surface area contributed by atoms with Crippen LogP contribution >= 0.6 is 0 Å². The minimum atomic E-state index is -0.165. The van der Waals surface area contributed by atoms with E-state index in [0.29, 0.717) is 31.0 Å². The molecule has 0 saturated carbocycles. The number of aromatic amines is 1. The Bertz CT molecular complexity index is 1150. The molecule has 0 radical (unpaired) electrons. The Hall–Kier alpha value is -3.87. The lowest BCUT2D eigenvalue weighted by Crippen LogP contribution is -2.13. The van der Waals surface area contributed by atoms with E-state index in [1.165, 1.54) is 0 Å². The van der Waals surface area contributed by atoms with Gasteiger partial charge in [-0.3, -0.25) is 15.2 Å². The van der Waals surface area contributed by atoms with Crippen LogP contribution in [0, 0.1) is 0 Å². The second-order valence-electron chi connectivity index (χ2n) is 6.69. The van der Waals surface area contributed by atoms with Gasteiger partial charge in [-0.15, -0.1) is 5.10 Å². The first kappa shape index (κ1) is 19.4. The molecule has 1 amide bonds. The third-order valence-corrected chi connectivity index (χ3v) is 4.65. The van der Waals surface area contributed by atoms with Gasteiger partial charge in [0, 0.05) is 11.8 Å². The number of H-pyrrole nitrogens is 1. The molecule has 0 fully saturated rings. The standard InChI is InChI=1S/C23H22N4O3/c1-29-19-12-5-4-11-18(19)22-25-23(27-26-22)24-21(28)14-7-15-30-20-13-6-9-16-8-2-3-10-17(16)20/h2-6,8-13H,7,14-15H2,1H3,(H2,24,25,26,27,28). The average Bonchev–Trinajstić information content (AvgIpc) is 3.25. The van der Waals surface area contributed by atoms with Crippen LogP contribution in [0.4, 0.5) is 5.95 Å². The smallest absolute Gasteiger partial charge is 0.249 e. The van der Waals surface area contributed by atoms with E-state index in [9.17, 15) is 4.79 Å². The van der Waals surface area contributed by atoms with Crippen molar-refractivity contribution in [2.75, 3.05) is 19.0 Å². The van der Waals surface area contributed by atoms with Gasteiger partial charge in [0.25, 0.3) is 0 Å². The van der Waals surface area contributed by atoms with Crippen LogP contribution < -0.4 is 14.8 Å². The summed E-state index contributed by atoms with van der Waals surface area (Å²) in [6, 6.07) is 21.5. The van der Waals surface area contributed by atoms with Crippen molar-refractivity contribution in [1.82, 2.24) is 15.2 Å². The summed E-state index contributed by atoms with van der Waals surface area (Å²) < 4.78 is 11.2. The number of carbonyl (C=O) groups is 1. The summed E-state index contributed by atoms with van der Waals surface area (Å²) in [5.41, 5.74) is 0.775. The number of hydrogen-bond donors (Lipinski definition) is 2. The van der Waals surface area contributed by atoms with Gasteiger partial charge in [0.2, 0.25) is 11.9 Å². The Kier molecular flexibility index (Phi) is 5.89. The molecule has 7 nitrogen and oxygen atoms in total. The summed E-state index contributed by atoms with van der Waals surface area (Å²) in [7, 11) is 1.60. The highest BCUT2D eigenvalue weighted by atomic mass is 16.5. The maximum absolute atomic E-state index is 12.2. The van der Waals surface area contributed by atoms with Gasteiger partial charge in [-0.05, 0) is 30.0 Å². The minimum Gasteiger partial charge on any atom is -0.496 e. The molecule has 30 heavy (non-hydrogen) atoms. The van der Waals surface area contributed by atoms with E-state index in [2.05, 4.69) is 20.5 Å². The van der Waals surface area contributed by atoms with Crippen LogP contribution in [0.1, 0.15) is 12.8 Å². The van der Waals surface area contributed by atoms with Crippen LogP contribution in [0.3, 0.4) is 0 Å². The molecule has 4 aromatic rings. The Morgan fingerprint density at radius 3 is 2.67 bits per heavy atom. The van der Waals surface area contributed by atoms with Gasteiger partial charge in [0.05, 0.1) is 19.3 Å². The summed E-state index contributed by atoms with van der Waals surface area (Å²) in [5, 5.41) is 11.8. The molecule has 2 N–H and O–H groups in total. The Morgan fingerprint density at radius 2 is 1.77 bits per heavy atom. The van der Waals surface area contributed by atoms with Gasteiger partial charge in [0.15, 0.2) is 5.82 Å². The number of nitrogens with zero attached hydrogens (tertiary/aromatic N) is 2. The highest BCUT2D eigenvalue weighted by Crippen LogP contribution is 2.27. The lowest BCUT2D eigenvalue weighted by atomic mass is 10.1. The fourth-order valence-electron chi connectivity index (χ4n) is 3.20. The molecular formula is C23H22N4O3. The fraction of sp³-hybridized carbons (Fsp3) is 0.174. The molecule has 0 aliphatic heterocycles. The largest absolute Gasteiger partial charge is 0.496 e. The first-order valence-electron chi connectivity index (χ1n) is 9.71. The van der Waals surface area contributed by atoms with Crippen molar-refractivity contribution < 1.29 is 14.3 Å². The molecule has 0 spiro atoms. The van der Waals surface area contributed by atoms with E-state index in [1.54, 1.807) is 7.11 Å². The van der Waals surface area contributed by atoms with E-state index >= 15 is 0 Å². The maximum Gasteiger partial charge on any atom is 0.249 e. The van der Waals surface area contributed by atoms with E-state index in [1.807, 2.05) is 66.7 Å². The number of carbonyl (C=O) groups excluding carboxylic acids is 1. The van der Waals surface area contributed by atoms with Crippen LogP contribution in [0.25, 0.3) is 22.2 Å². The van der Waals surface area contributed by atoms with Gasteiger partial charge in [0.1, 0.15) is 11.5 Å². The number of methoxy groups -OCH3 is 1. The molecule has 4 rings (SSSR count). The number of amides is 1. The Balaban J connectivity index is 1.29. The Labute approximate surface area is 174 Å². The first-order chi connectivity index (χ1) is 14.7. The Morgan fingerprint density at radius 1 is 1.00 bits per heavy atom. The number of ether oxygens (including phenoxy) is 2. The van der Waals surface area contributed by atoms with Crippen molar-refractivity contribution in [2.45, 2.75) is 12.8 Å². The average molecular weight is 402 g/mol.